The number of hydrogen-bond donors (Lipinski definition) is 0. The summed E-state index contributed by atoms with van der Waals surface area (Å²) in [6.07, 6.45) is 7.77. The van der Waals surface area contributed by atoms with Crippen molar-refractivity contribution < 1.29 is 9.47 Å². The highest BCUT2D eigenvalue weighted by molar-refractivity contribution is 7.13. The van der Waals surface area contributed by atoms with Crippen LogP contribution in [0.25, 0.3) is 16.6 Å². The molecule has 0 N–H and O–H groups in total. The van der Waals surface area contributed by atoms with Gasteiger partial charge in [-0.2, -0.15) is 5.10 Å². The second-order valence-electron chi connectivity index (χ2n) is 5.25. The van der Waals surface area contributed by atoms with Crippen molar-refractivity contribution in [2.45, 2.75) is 13.5 Å². The first-order valence-electron chi connectivity index (χ1n) is 7.56. The fraction of sp³-hybridized carbons (Fsp3) is 0.222. The zero-order valence-corrected chi connectivity index (χ0v) is 14.7. The van der Waals surface area contributed by atoms with E-state index in [-0.39, 0.29) is 0 Å². The molecule has 124 valence electrons. The van der Waals surface area contributed by atoms with E-state index in [0.717, 1.165) is 21.8 Å². The number of ether oxygens (including phenoxy) is 2. The van der Waals surface area contributed by atoms with Gasteiger partial charge in [0.1, 0.15) is 11.6 Å². The van der Waals surface area contributed by atoms with Crippen molar-refractivity contribution in [3.05, 3.63) is 53.3 Å². The maximum absolute atomic E-state index is 5.88. The predicted molar refractivity (Wildman–Crippen MR) is 96.4 cm³/mol. The number of rotatable bonds is 6. The Labute approximate surface area is 145 Å². The zero-order valence-electron chi connectivity index (χ0n) is 13.9. The van der Waals surface area contributed by atoms with Gasteiger partial charge in [0.05, 0.1) is 19.0 Å². The standard InChI is InChI=1S/C18H19N3O2S/c1-4-5-13-6-7-16(17(8-13)22-3)23-11-15-12-24-18(20-15)14-9-19-21(2)10-14/h4-10,12H,11H2,1-3H3. The third kappa shape index (κ3) is 3.65. The topological polar surface area (TPSA) is 49.2 Å². The van der Waals surface area contributed by atoms with Gasteiger partial charge in [-0.3, -0.25) is 4.68 Å². The molecule has 0 aliphatic carbocycles. The van der Waals surface area contributed by atoms with Gasteiger partial charge in [-0.05, 0) is 24.6 Å². The lowest BCUT2D eigenvalue weighted by Gasteiger charge is -2.10. The Balaban J connectivity index is 1.71. The number of methoxy groups -OCH3 is 1. The first-order chi connectivity index (χ1) is 11.7. The third-order valence-electron chi connectivity index (χ3n) is 3.43. The summed E-state index contributed by atoms with van der Waals surface area (Å²) in [6, 6.07) is 5.87. The summed E-state index contributed by atoms with van der Waals surface area (Å²) in [5, 5.41) is 7.12. The van der Waals surface area contributed by atoms with Gasteiger partial charge in [0, 0.05) is 24.2 Å². The monoisotopic (exact) mass is 341 g/mol. The molecule has 0 atom stereocenters. The summed E-state index contributed by atoms with van der Waals surface area (Å²) >= 11 is 1.59. The Morgan fingerprint density at radius 2 is 2.17 bits per heavy atom. The van der Waals surface area contributed by atoms with E-state index in [1.54, 1.807) is 23.1 Å². The number of nitrogens with zero attached hydrogens (tertiary/aromatic N) is 3. The van der Waals surface area contributed by atoms with E-state index in [4.69, 9.17) is 9.47 Å². The van der Waals surface area contributed by atoms with Crippen LogP contribution < -0.4 is 9.47 Å². The highest BCUT2D eigenvalue weighted by atomic mass is 32.1. The second kappa shape index (κ2) is 7.31. The van der Waals surface area contributed by atoms with Crippen LogP contribution in [0.3, 0.4) is 0 Å². The van der Waals surface area contributed by atoms with Crippen molar-refractivity contribution in [2.24, 2.45) is 7.05 Å². The smallest absolute Gasteiger partial charge is 0.161 e. The quantitative estimate of drug-likeness (QED) is 0.675. The van der Waals surface area contributed by atoms with Gasteiger partial charge in [-0.15, -0.1) is 11.3 Å². The van der Waals surface area contributed by atoms with E-state index in [2.05, 4.69) is 10.1 Å². The van der Waals surface area contributed by atoms with Gasteiger partial charge in [-0.1, -0.05) is 18.2 Å². The molecule has 3 aromatic rings. The van der Waals surface area contributed by atoms with Crippen molar-refractivity contribution in [2.75, 3.05) is 7.11 Å². The van der Waals surface area contributed by atoms with Crippen molar-refractivity contribution in [1.29, 1.82) is 0 Å². The van der Waals surface area contributed by atoms with Crippen LogP contribution >= 0.6 is 11.3 Å². The molecule has 0 aliphatic heterocycles. The highest BCUT2D eigenvalue weighted by Gasteiger charge is 2.09. The zero-order chi connectivity index (χ0) is 16.9. The first kappa shape index (κ1) is 16.3. The molecular formula is C18H19N3O2S. The Hall–Kier alpha value is -2.60. The molecule has 0 unspecified atom stereocenters. The summed E-state index contributed by atoms with van der Waals surface area (Å²) in [7, 11) is 3.54. The largest absolute Gasteiger partial charge is 0.493 e. The Bertz CT molecular complexity index is 852. The van der Waals surface area contributed by atoms with E-state index in [1.165, 1.54) is 0 Å². The minimum atomic E-state index is 0.399. The van der Waals surface area contributed by atoms with E-state index < -0.39 is 0 Å². The molecule has 0 spiro atoms. The number of benzene rings is 1. The number of thiazole rings is 1. The molecule has 0 amide bonds. The van der Waals surface area contributed by atoms with Crippen LogP contribution in [0.4, 0.5) is 0 Å². The van der Waals surface area contributed by atoms with Crippen molar-refractivity contribution in [3.8, 4) is 22.1 Å². The van der Waals surface area contributed by atoms with Crippen LogP contribution in [0.1, 0.15) is 18.2 Å². The van der Waals surface area contributed by atoms with E-state index >= 15 is 0 Å². The van der Waals surface area contributed by atoms with Crippen molar-refractivity contribution in [3.63, 3.8) is 0 Å². The molecule has 0 radical (unpaired) electrons. The summed E-state index contributed by atoms with van der Waals surface area (Å²) in [6.45, 7) is 2.38. The highest BCUT2D eigenvalue weighted by Crippen LogP contribution is 2.30. The molecule has 24 heavy (non-hydrogen) atoms. The number of allylic oxidation sites excluding steroid dienone is 1. The van der Waals surface area contributed by atoms with Crippen molar-refractivity contribution in [1.82, 2.24) is 14.8 Å². The average Bonchev–Trinajstić information content (AvgIpc) is 3.22. The molecule has 2 heterocycles. The van der Waals surface area contributed by atoms with Crippen LogP contribution in [-0.2, 0) is 13.7 Å². The predicted octanol–water partition coefficient (Wildman–Crippen LogP) is 4.16. The summed E-state index contributed by atoms with van der Waals surface area (Å²) in [5.41, 5.74) is 2.98. The molecule has 2 aromatic heterocycles. The fourth-order valence-corrected chi connectivity index (χ4v) is 3.07. The normalized spacial score (nSPS) is 11.1. The lowest BCUT2D eigenvalue weighted by Crippen LogP contribution is -1.98. The molecule has 0 bridgehead atoms. The molecular weight excluding hydrogens is 322 g/mol. The Kier molecular flexibility index (Phi) is 4.96. The average molecular weight is 341 g/mol. The molecule has 0 saturated heterocycles. The van der Waals surface area contributed by atoms with E-state index in [1.807, 2.05) is 62.1 Å². The van der Waals surface area contributed by atoms with Gasteiger partial charge in [0.25, 0.3) is 0 Å². The van der Waals surface area contributed by atoms with Crippen LogP contribution in [0, 0.1) is 0 Å². The maximum atomic E-state index is 5.88. The van der Waals surface area contributed by atoms with Gasteiger partial charge in [0.2, 0.25) is 0 Å². The van der Waals surface area contributed by atoms with Crippen LogP contribution in [-0.4, -0.2) is 21.9 Å². The van der Waals surface area contributed by atoms with E-state index in [9.17, 15) is 0 Å². The molecule has 3 rings (SSSR count). The molecule has 0 fully saturated rings. The molecule has 0 aliphatic rings. The SMILES string of the molecule is CC=Cc1ccc(OCc2csc(-c3cnn(C)c3)n2)c(OC)c1. The van der Waals surface area contributed by atoms with Crippen LogP contribution in [0.5, 0.6) is 11.5 Å². The van der Waals surface area contributed by atoms with Gasteiger partial charge in [-0.25, -0.2) is 4.98 Å². The summed E-state index contributed by atoms with van der Waals surface area (Å²) < 4.78 is 13.1. The number of aryl methyl sites for hydroxylation is 1. The summed E-state index contributed by atoms with van der Waals surface area (Å²) in [4.78, 5) is 4.60. The van der Waals surface area contributed by atoms with E-state index in [0.29, 0.717) is 18.1 Å². The lowest BCUT2D eigenvalue weighted by atomic mass is 10.2. The van der Waals surface area contributed by atoms with Gasteiger partial charge >= 0.3 is 0 Å². The summed E-state index contributed by atoms with van der Waals surface area (Å²) in [5.74, 6) is 1.43. The molecule has 5 nitrogen and oxygen atoms in total. The second-order valence-corrected chi connectivity index (χ2v) is 6.10. The van der Waals surface area contributed by atoms with Crippen LogP contribution in [0.2, 0.25) is 0 Å². The minimum Gasteiger partial charge on any atom is -0.493 e. The first-order valence-corrected chi connectivity index (χ1v) is 8.44. The fourth-order valence-electron chi connectivity index (χ4n) is 2.29. The van der Waals surface area contributed by atoms with Crippen LogP contribution in [0.15, 0.2) is 42.0 Å². The third-order valence-corrected chi connectivity index (χ3v) is 4.37. The van der Waals surface area contributed by atoms with Gasteiger partial charge in [0.15, 0.2) is 11.5 Å². The maximum Gasteiger partial charge on any atom is 0.161 e. The number of aromatic nitrogens is 3. The molecule has 6 heteroatoms. The molecule has 0 saturated carbocycles. The number of hydrogen-bond acceptors (Lipinski definition) is 5. The minimum absolute atomic E-state index is 0.399. The molecule has 1 aromatic carbocycles. The van der Waals surface area contributed by atoms with Gasteiger partial charge < -0.3 is 9.47 Å². The Morgan fingerprint density at radius 3 is 2.88 bits per heavy atom. The van der Waals surface area contributed by atoms with Crippen molar-refractivity contribution >= 4 is 17.4 Å². The lowest BCUT2D eigenvalue weighted by molar-refractivity contribution is 0.281. The Morgan fingerprint density at radius 1 is 1.29 bits per heavy atom.